The fraction of sp³-hybridized carbons (Fsp3) is 0.875. The maximum atomic E-state index is 12.8. The number of rotatable bonds is 7. The fourth-order valence-corrected chi connectivity index (χ4v) is 0.638. The molecule has 6 heteroatoms. The average Bonchev–Trinajstić information content (AvgIpc) is 2.13. The molecule has 0 aromatic rings. The third kappa shape index (κ3) is 5.08. The van der Waals surface area contributed by atoms with E-state index in [1.165, 1.54) is 14.0 Å². The number of carbonyl (C=O) groups is 1. The summed E-state index contributed by atoms with van der Waals surface area (Å²) < 4.78 is 38.9. The van der Waals surface area contributed by atoms with Crippen molar-refractivity contribution in [2.45, 2.75) is 12.8 Å². The van der Waals surface area contributed by atoms with Crippen molar-refractivity contribution in [3.05, 3.63) is 0 Å². The lowest BCUT2D eigenvalue weighted by Crippen LogP contribution is -2.36. The predicted molar refractivity (Wildman–Crippen MR) is 44.3 cm³/mol. The highest BCUT2D eigenvalue weighted by Crippen LogP contribution is 2.15. The Hall–Kier alpha value is -0.750. The molecule has 0 radical (unpaired) electrons. The quantitative estimate of drug-likeness (QED) is 0.463. The molecule has 0 unspecified atom stereocenters. The van der Waals surface area contributed by atoms with Crippen LogP contribution in [0.3, 0.4) is 0 Å². The Morgan fingerprint density at radius 1 is 1.36 bits per heavy atom. The third-order valence-electron chi connectivity index (χ3n) is 1.29. The monoisotopic (exact) mass is 212 g/mol. The van der Waals surface area contributed by atoms with E-state index in [-0.39, 0.29) is 19.8 Å². The lowest BCUT2D eigenvalue weighted by atomic mass is 10.4. The molecule has 0 bridgehead atoms. The first-order valence-corrected chi connectivity index (χ1v) is 4.16. The number of alkyl halides is 2. The molecule has 0 heterocycles. The van der Waals surface area contributed by atoms with Crippen molar-refractivity contribution in [1.82, 2.24) is 0 Å². The minimum atomic E-state index is -3.58. The van der Waals surface area contributed by atoms with Crippen LogP contribution in [-0.4, -0.2) is 45.4 Å². The zero-order valence-electron chi connectivity index (χ0n) is 8.22. The summed E-state index contributed by atoms with van der Waals surface area (Å²) in [6, 6.07) is 0. The van der Waals surface area contributed by atoms with Crippen molar-refractivity contribution in [1.29, 1.82) is 0 Å². The van der Waals surface area contributed by atoms with Gasteiger partial charge in [0.25, 0.3) is 0 Å². The van der Waals surface area contributed by atoms with Gasteiger partial charge in [-0.05, 0) is 6.92 Å². The van der Waals surface area contributed by atoms with Crippen molar-refractivity contribution < 1.29 is 27.8 Å². The van der Waals surface area contributed by atoms with Gasteiger partial charge in [-0.1, -0.05) is 0 Å². The lowest BCUT2D eigenvalue weighted by molar-refractivity contribution is -0.180. The topological polar surface area (TPSA) is 44.8 Å². The van der Waals surface area contributed by atoms with E-state index >= 15 is 0 Å². The van der Waals surface area contributed by atoms with Crippen LogP contribution in [0, 0.1) is 0 Å². The number of halogens is 2. The molecule has 0 N–H and O–H groups in total. The molecule has 0 aliphatic heterocycles. The van der Waals surface area contributed by atoms with Gasteiger partial charge in [0, 0.05) is 7.11 Å². The van der Waals surface area contributed by atoms with Gasteiger partial charge >= 0.3 is 11.9 Å². The first kappa shape index (κ1) is 13.2. The van der Waals surface area contributed by atoms with Gasteiger partial charge in [-0.25, -0.2) is 4.79 Å². The second-order valence-corrected chi connectivity index (χ2v) is 2.47. The Labute approximate surface area is 81.1 Å². The van der Waals surface area contributed by atoms with E-state index in [1.54, 1.807) is 0 Å². The lowest BCUT2D eigenvalue weighted by Gasteiger charge is -2.14. The van der Waals surface area contributed by atoms with Crippen LogP contribution in [-0.2, 0) is 19.0 Å². The van der Waals surface area contributed by atoms with Crippen molar-refractivity contribution in [2.24, 2.45) is 0 Å². The summed E-state index contributed by atoms with van der Waals surface area (Å²) in [5, 5.41) is 0. The summed E-state index contributed by atoms with van der Waals surface area (Å²) in [4.78, 5) is 10.6. The Kier molecular flexibility index (Phi) is 6.31. The van der Waals surface area contributed by atoms with Crippen molar-refractivity contribution in [3.8, 4) is 0 Å². The highest BCUT2D eigenvalue weighted by Gasteiger charge is 2.40. The molecule has 0 fully saturated rings. The molecule has 0 spiro atoms. The summed E-state index contributed by atoms with van der Waals surface area (Å²) in [6.45, 7) is 0.631. The molecule has 0 atom stereocenters. The maximum absolute atomic E-state index is 12.8. The number of hydrogen-bond donors (Lipinski definition) is 0. The third-order valence-corrected chi connectivity index (χ3v) is 1.29. The Balaban J connectivity index is 3.76. The van der Waals surface area contributed by atoms with Crippen LogP contribution in [0.4, 0.5) is 8.78 Å². The Bertz CT molecular complexity index is 173. The highest BCUT2D eigenvalue weighted by atomic mass is 19.3. The van der Waals surface area contributed by atoms with Crippen molar-refractivity contribution in [3.63, 3.8) is 0 Å². The second-order valence-electron chi connectivity index (χ2n) is 2.47. The Morgan fingerprint density at radius 3 is 2.50 bits per heavy atom. The molecule has 0 aliphatic carbocycles. The molecule has 0 aromatic heterocycles. The van der Waals surface area contributed by atoms with E-state index in [0.29, 0.717) is 0 Å². The normalized spacial score (nSPS) is 11.4. The first-order chi connectivity index (χ1) is 6.54. The van der Waals surface area contributed by atoms with E-state index in [1.807, 2.05) is 0 Å². The van der Waals surface area contributed by atoms with Crippen LogP contribution in [0.25, 0.3) is 0 Å². The molecule has 84 valence electrons. The van der Waals surface area contributed by atoms with Gasteiger partial charge in [0.1, 0.15) is 6.61 Å². The molecule has 4 nitrogen and oxygen atoms in total. The smallest absolute Gasteiger partial charge is 0.379 e. The van der Waals surface area contributed by atoms with Gasteiger partial charge in [0.15, 0.2) is 0 Å². The SMILES string of the molecule is CCOC(=O)C(F)(F)COCCOC. The van der Waals surface area contributed by atoms with Crippen LogP contribution in [0.15, 0.2) is 0 Å². The van der Waals surface area contributed by atoms with Crippen LogP contribution < -0.4 is 0 Å². The van der Waals surface area contributed by atoms with Crippen LogP contribution in [0.2, 0.25) is 0 Å². The summed E-state index contributed by atoms with van der Waals surface area (Å²) in [7, 11) is 1.42. The van der Waals surface area contributed by atoms with E-state index in [9.17, 15) is 13.6 Å². The van der Waals surface area contributed by atoms with Gasteiger partial charge in [0.05, 0.1) is 19.8 Å². The van der Waals surface area contributed by atoms with E-state index < -0.39 is 18.5 Å². The zero-order chi connectivity index (χ0) is 11.0. The van der Waals surface area contributed by atoms with Crippen LogP contribution >= 0.6 is 0 Å². The summed E-state index contributed by atoms with van der Waals surface area (Å²) in [5.74, 6) is -5.14. The first-order valence-electron chi connectivity index (χ1n) is 4.16. The molecule has 14 heavy (non-hydrogen) atoms. The van der Waals surface area contributed by atoms with Gasteiger partial charge in [-0.2, -0.15) is 8.78 Å². The fourth-order valence-electron chi connectivity index (χ4n) is 0.638. The average molecular weight is 212 g/mol. The van der Waals surface area contributed by atoms with Gasteiger partial charge in [0.2, 0.25) is 0 Å². The van der Waals surface area contributed by atoms with E-state index in [0.717, 1.165) is 0 Å². The number of ether oxygens (including phenoxy) is 3. The summed E-state index contributed by atoms with van der Waals surface area (Å²) in [5.41, 5.74) is 0. The number of esters is 1. The van der Waals surface area contributed by atoms with Gasteiger partial charge in [-0.15, -0.1) is 0 Å². The summed E-state index contributed by atoms with van der Waals surface area (Å²) >= 11 is 0. The van der Waals surface area contributed by atoms with Crippen molar-refractivity contribution >= 4 is 5.97 Å². The largest absolute Gasteiger partial charge is 0.461 e. The van der Waals surface area contributed by atoms with Crippen molar-refractivity contribution in [2.75, 3.05) is 33.5 Å². The molecule has 0 saturated heterocycles. The zero-order valence-corrected chi connectivity index (χ0v) is 8.22. The summed E-state index contributed by atoms with van der Waals surface area (Å²) in [6.07, 6.45) is 0. The standard InChI is InChI=1S/C8H14F2O4/c1-3-14-7(11)8(9,10)6-13-5-4-12-2/h3-6H2,1-2H3. The second kappa shape index (κ2) is 6.67. The molecule has 0 aromatic carbocycles. The van der Waals surface area contributed by atoms with E-state index in [2.05, 4.69) is 14.2 Å². The minimum absolute atomic E-state index is 0.0193. The molecular weight excluding hydrogens is 198 g/mol. The van der Waals surface area contributed by atoms with E-state index in [4.69, 9.17) is 0 Å². The van der Waals surface area contributed by atoms with Gasteiger partial charge in [-0.3, -0.25) is 0 Å². The number of carbonyl (C=O) groups excluding carboxylic acids is 1. The molecule has 0 aliphatic rings. The number of methoxy groups -OCH3 is 1. The molecule has 0 saturated carbocycles. The molecule has 0 amide bonds. The maximum Gasteiger partial charge on any atom is 0.379 e. The predicted octanol–water partition coefficient (Wildman–Crippen LogP) is 0.848. The number of hydrogen-bond acceptors (Lipinski definition) is 4. The molecule has 0 rings (SSSR count). The Morgan fingerprint density at radius 2 is 2.00 bits per heavy atom. The van der Waals surface area contributed by atoms with Crippen LogP contribution in [0.1, 0.15) is 6.92 Å². The minimum Gasteiger partial charge on any atom is -0.461 e. The molecular formula is C8H14F2O4. The highest BCUT2D eigenvalue weighted by molar-refractivity contribution is 5.77. The van der Waals surface area contributed by atoms with Gasteiger partial charge < -0.3 is 14.2 Å². The van der Waals surface area contributed by atoms with Crippen LogP contribution in [0.5, 0.6) is 0 Å².